The summed E-state index contributed by atoms with van der Waals surface area (Å²) in [5.41, 5.74) is 6.31. The minimum atomic E-state index is 0.0193. The number of allylic oxidation sites excluding steroid dienone is 4. The summed E-state index contributed by atoms with van der Waals surface area (Å²) >= 11 is 3.69. The van der Waals surface area contributed by atoms with Gasteiger partial charge >= 0.3 is 0 Å². The van der Waals surface area contributed by atoms with Gasteiger partial charge in [0, 0.05) is 22.2 Å². The second-order valence-electron chi connectivity index (χ2n) is 6.13. The first-order valence-electron chi connectivity index (χ1n) is 7.19. The molecule has 0 N–H and O–H groups in total. The average Bonchev–Trinajstić information content (AvgIpc) is 2.66. The highest BCUT2D eigenvalue weighted by Crippen LogP contribution is 2.50. The molecular formula is C18H19BrO. The molecule has 0 spiro atoms. The number of fused-ring (bicyclic) bond motifs is 2. The molecule has 0 bridgehead atoms. The van der Waals surface area contributed by atoms with E-state index in [1.165, 1.54) is 22.3 Å². The Hall–Kier alpha value is -1.15. The zero-order chi connectivity index (χ0) is 14.5. The molecule has 0 unspecified atom stereocenters. The fourth-order valence-corrected chi connectivity index (χ4v) is 3.83. The Bertz CT molecular complexity index is 649. The Morgan fingerprint density at radius 2 is 2.15 bits per heavy atom. The van der Waals surface area contributed by atoms with Crippen molar-refractivity contribution in [2.45, 2.75) is 43.9 Å². The van der Waals surface area contributed by atoms with Crippen LogP contribution in [0.15, 0.2) is 35.9 Å². The van der Waals surface area contributed by atoms with Gasteiger partial charge in [-0.1, -0.05) is 66.6 Å². The summed E-state index contributed by atoms with van der Waals surface area (Å²) in [7, 11) is 0. The highest BCUT2D eigenvalue weighted by Gasteiger charge is 2.38. The van der Waals surface area contributed by atoms with Crippen LogP contribution in [0, 0.1) is 0 Å². The standard InChI is InChI=1S/C18H19BrO/c1-4-17(20)11-5-7-13-14-8-6-12(19)10-16(14)18(2,3)15(13)9-11/h5-9,12H,4,10H2,1-3H3/t12-/m1/s1. The van der Waals surface area contributed by atoms with Crippen molar-refractivity contribution >= 4 is 27.3 Å². The maximum absolute atomic E-state index is 12.0. The minimum Gasteiger partial charge on any atom is -0.294 e. The summed E-state index contributed by atoms with van der Waals surface area (Å²) in [6.45, 7) is 6.46. The fourth-order valence-electron chi connectivity index (χ4n) is 3.35. The molecule has 1 nitrogen and oxygen atoms in total. The van der Waals surface area contributed by atoms with Crippen molar-refractivity contribution in [3.63, 3.8) is 0 Å². The molecule has 0 aliphatic heterocycles. The molecule has 0 saturated heterocycles. The normalized spacial score (nSPS) is 22.7. The van der Waals surface area contributed by atoms with Crippen LogP contribution in [-0.4, -0.2) is 10.6 Å². The zero-order valence-corrected chi connectivity index (χ0v) is 13.8. The number of hydrogen-bond donors (Lipinski definition) is 0. The van der Waals surface area contributed by atoms with Gasteiger partial charge in [0.15, 0.2) is 5.78 Å². The number of hydrogen-bond acceptors (Lipinski definition) is 1. The van der Waals surface area contributed by atoms with Crippen LogP contribution in [0.2, 0.25) is 0 Å². The fraction of sp³-hybridized carbons (Fsp3) is 0.389. The van der Waals surface area contributed by atoms with Crippen molar-refractivity contribution < 1.29 is 4.79 Å². The van der Waals surface area contributed by atoms with E-state index in [9.17, 15) is 4.79 Å². The Labute approximate surface area is 128 Å². The second-order valence-corrected chi connectivity index (χ2v) is 7.31. The van der Waals surface area contributed by atoms with Crippen LogP contribution in [0.1, 0.15) is 55.1 Å². The van der Waals surface area contributed by atoms with Gasteiger partial charge < -0.3 is 0 Å². The Kier molecular flexibility index (Phi) is 3.24. The van der Waals surface area contributed by atoms with Gasteiger partial charge in [-0.2, -0.15) is 0 Å². The number of carbonyl (C=O) groups excluding carboxylic acids is 1. The van der Waals surface area contributed by atoms with Crippen molar-refractivity contribution in [3.05, 3.63) is 52.6 Å². The van der Waals surface area contributed by atoms with Crippen LogP contribution in [-0.2, 0) is 5.41 Å². The molecule has 0 amide bonds. The van der Waals surface area contributed by atoms with Crippen molar-refractivity contribution in [2.75, 3.05) is 0 Å². The summed E-state index contributed by atoms with van der Waals surface area (Å²) in [4.78, 5) is 12.4. The molecule has 0 saturated carbocycles. The lowest BCUT2D eigenvalue weighted by Crippen LogP contribution is -2.20. The Morgan fingerprint density at radius 3 is 2.85 bits per heavy atom. The van der Waals surface area contributed by atoms with E-state index in [0.717, 1.165) is 12.0 Å². The van der Waals surface area contributed by atoms with Crippen LogP contribution in [0.3, 0.4) is 0 Å². The van der Waals surface area contributed by atoms with E-state index in [1.807, 2.05) is 13.0 Å². The molecule has 2 heteroatoms. The first kappa shape index (κ1) is 13.8. The molecule has 3 rings (SSSR count). The van der Waals surface area contributed by atoms with Gasteiger partial charge in [-0.05, 0) is 29.2 Å². The average molecular weight is 331 g/mol. The van der Waals surface area contributed by atoms with Crippen molar-refractivity contribution in [2.24, 2.45) is 0 Å². The van der Waals surface area contributed by atoms with Crippen molar-refractivity contribution in [1.82, 2.24) is 0 Å². The predicted octanol–water partition coefficient (Wildman–Crippen LogP) is 5.05. The van der Waals surface area contributed by atoms with Gasteiger partial charge in [-0.15, -0.1) is 0 Å². The lowest BCUT2D eigenvalue weighted by atomic mass is 9.78. The van der Waals surface area contributed by atoms with Gasteiger partial charge in [0.2, 0.25) is 0 Å². The number of rotatable bonds is 2. The number of ketones is 1. The molecule has 1 atom stereocenters. The number of carbonyl (C=O) groups is 1. The molecule has 0 heterocycles. The Morgan fingerprint density at radius 1 is 1.40 bits per heavy atom. The maximum Gasteiger partial charge on any atom is 0.162 e. The van der Waals surface area contributed by atoms with Crippen molar-refractivity contribution in [1.29, 1.82) is 0 Å². The second kappa shape index (κ2) is 4.70. The number of halogens is 1. The minimum absolute atomic E-state index is 0.0193. The molecule has 2 aliphatic rings. The van der Waals surface area contributed by atoms with Crippen LogP contribution in [0.4, 0.5) is 0 Å². The SMILES string of the molecule is CCC(=O)c1ccc2c(c1)C(C)(C)C1=C2C=C[C@@H](Br)C1. The molecule has 2 aliphatic carbocycles. The third-order valence-corrected chi connectivity index (χ3v) is 5.21. The van der Waals surface area contributed by atoms with E-state index >= 15 is 0 Å². The van der Waals surface area contributed by atoms with Crippen LogP contribution >= 0.6 is 15.9 Å². The summed E-state index contributed by atoms with van der Waals surface area (Å²) in [6.07, 6.45) is 6.06. The molecule has 0 aromatic heterocycles. The molecule has 0 radical (unpaired) electrons. The van der Waals surface area contributed by atoms with E-state index in [0.29, 0.717) is 11.2 Å². The summed E-state index contributed by atoms with van der Waals surface area (Å²) in [6, 6.07) is 6.21. The van der Waals surface area contributed by atoms with Crippen LogP contribution in [0.25, 0.3) is 5.57 Å². The lowest BCUT2D eigenvalue weighted by molar-refractivity contribution is 0.0988. The largest absolute Gasteiger partial charge is 0.294 e. The molecule has 1 aromatic rings. The highest BCUT2D eigenvalue weighted by atomic mass is 79.9. The third-order valence-electron chi connectivity index (χ3n) is 4.58. The first-order chi connectivity index (χ1) is 9.45. The molecule has 1 aromatic carbocycles. The molecule has 20 heavy (non-hydrogen) atoms. The third kappa shape index (κ3) is 1.93. The van der Waals surface area contributed by atoms with Gasteiger partial charge in [0.05, 0.1) is 0 Å². The summed E-state index contributed by atoms with van der Waals surface area (Å²) < 4.78 is 0. The number of benzene rings is 1. The van der Waals surface area contributed by atoms with Gasteiger partial charge in [-0.3, -0.25) is 4.79 Å². The first-order valence-corrected chi connectivity index (χ1v) is 8.10. The smallest absolute Gasteiger partial charge is 0.162 e. The summed E-state index contributed by atoms with van der Waals surface area (Å²) in [5.74, 6) is 0.224. The lowest BCUT2D eigenvalue weighted by Gasteiger charge is -2.27. The van der Waals surface area contributed by atoms with E-state index in [4.69, 9.17) is 0 Å². The van der Waals surface area contributed by atoms with Crippen LogP contribution in [0.5, 0.6) is 0 Å². The molecule has 0 fully saturated rings. The van der Waals surface area contributed by atoms with Gasteiger partial charge in [0.1, 0.15) is 0 Å². The predicted molar refractivity (Wildman–Crippen MR) is 87.5 cm³/mol. The highest BCUT2D eigenvalue weighted by molar-refractivity contribution is 9.09. The van der Waals surface area contributed by atoms with E-state index in [-0.39, 0.29) is 11.2 Å². The number of Topliss-reactive ketones (excluding diaryl/α,β-unsaturated/α-hetero) is 1. The van der Waals surface area contributed by atoms with Gasteiger partial charge in [0.25, 0.3) is 0 Å². The molecule has 104 valence electrons. The van der Waals surface area contributed by atoms with Crippen LogP contribution < -0.4 is 0 Å². The van der Waals surface area contributed by atoms with Gasteiger partial charge in [-0.25, -0.2) is 0 Å². The Balaban J connectivity index is 2.14. The monoisotopic (exact) mass is 330 g/mol. The van der Waals surface area contributed by atoms with Crippen molar-refractivity contribution in [3.8, 4) is 0 Å². The number of alkyl halides is 1. The van der Waals surface area contributed by atoms with E-state index in [2.05, 4.69) is 54.1 Å². The van der Waals surface area contributed by atoms with E-state index in [1.54, 1.807) is 0 Å². The zero-order valence-electron chi connectivity index (χ0n) is 12.2. The maximum atomic E-state index is 12.0. The summed E-state index contributed by atoms with van der Waals surface area (Å²) in [5, 5.41) is 0. The van der Waals surface area contributed by atoms with E-state index < -0.39 is 0 Å². The quantitative estimate of drug-likeness (QED) is 0.548. The molecular weight excluding hydrogens is 312 g/mol. The topological polar surface area (TPSA) is 17.1 Å².